The van der Waals surface area contributed by atoms with Crippen molar-refractivity contribution in [1.29, 1.82) is 0 Å². The summed E-state index contributed by atoms with van der Waals surface area (Å²) in [7, 11) is 3.13. The zero-order valence-corrected chi connectivity index (χ0v) is 24.3. The van der Waals surface area contributed by atoms with E-state index in [2.05, 4.69) is 9.78 Å². The van der Waals surface area contributed by atoms with Crippen LogP contribution in [0.25, 0.3) is 22.0 Å². The Morgan fingerprint density at radius 2 is 1.98 bits per heavy atom. The molecule has 1 aliphatic rings. The highest BCUT2D eigenvalue weighted by Gasteiger charge is 2.29. The molecule has 4 aromatic rings. The smallest absolute Gasteiger partial charge is 0.352 e. The molecule has 0 aliphatic carbocycles. The molecule has 0 amide bonds. The molecule has 212 valence electrons. The number of carbonyl (C=O) groups excluding carboxylic acids is 1. The lowest BCUT2D eigenvalue weighted by molar-refractivity contribution is -0.140. The van der Waals surface area contributed by atoms with Gasteiger partial charge in [0.1, 0.15) is 5.69 Å². The van der Waals surface area contributed by atoms with E-state index in [9.17, 15) is 19.8 Å². The van der Waals surface area contributed by atoms with Crippen molar-refractivity contribution in [3.05, 3.63) is 57.3 Å². The fourth-order valence-electron chi connectivity index (χ4n) is 5.65. The van der Waals surface area contributed by atoms with E-state index in [-0.39, 0.29) is 25.3 Å². The lowest BCUT2D eigenvalue weighted by atomic mass is 9.94. The van der Waals surface area contributed by atoms with Crippen LogP contribution in [0, 0.1) is 6.92 Å². The van der Waals surface area contributed by atoms with E-state index >= 15 is 0 Å². The van der Waals surface area contributed by atoms with Gasteiger partial charge in [0.15, 0.2) is 0 Å². The molecule has 4 heterocycles. The van der Waals surface area contributed by atoms with Gasteiger partial charge in [0, 0.05) is 64.4 Å². The first-order valence-electron chi connectivity index (χ1n) is 13.2. The number of benzene rings is 1. The molecule has 10 nitrogen and oxygen atoms in total. The molecule has 0 saturated carbocycles. The van der Waals surface area contributed by atoms with Gasteiger partial charge < -0.3 is 19.5 Å². The number of aliphatic hydroxyl groups is 1. The van der Waals surface area contributed by atoms with Crippen LogP contribution in [-0.2, 0) is 54.2 Å². The Kier molecular flexibility index (Phi) is 8.25. The molecule has 1 aromatic carbocycles. The summed E-state index contributed by atoms with van der Waals surface area (Å²) >= 11 is 8.61. The summed E-state index contributed by atoms with van der Waals surface area (Å²) in [5.41, 5.74) is 6.83. The highest BCUT2D eigenvalue weighted by molar-refractivity contribution is 7.97. The molecular weight excluding hydrogens is 554 g/mol. The number of aromatic nitrogens is 5. The number of ether oxygens (including phenoxy) is 1. The third-order valence-corrected chi connectivity index (χ3v) is 8.78. The van der Waals surface area contributed by atoms with Gasteiger partial charge in [-0.15, -0.1) is 11.8 Å². The third kappa shape index (κ3) is 5.13. The zero-order valence-electron chi connectivity index (χ0n) is 22.7. The molecule has 5 rings (SSSR count). The molecule has 0 bridgehead atoms. The molecule has 0 spiro atoms. The first-order chi connectivity index (χ1) is 19.2. The van der Waals surface area contributed by atoms with Crippen molar-refractivity contribution in [2.45, 2.75) is 63.8 Å². The monoisotopic (exact) mass is 585 g/mol. The summed E-state index contributed by atoms with van der Waals surface area (Å²) in [6.07, 6.45) is 2.99. The maximum Gasteiger partial charge on any atom is 0.352 e. The van der Waals surface area contributed by atoms with Crippen LogP contribution in [0.4, 0.5) is 0 Å². The van der Waals surface area contributed by atoms with Crippen molar-refractivity contribution >= 4 is 46.2 Å². The second kappa shape index (κ2) is 11.7. The second-order valence-corrected chi connectivity index (χ2v) is 11.3. The summed E-state index contributed by atoms with van der Waals surface area (Å²) < 4.78 is 10.2. The molecule has 3 aromatic heterocycles. The number of rotatable bonds is 10. The number of esters is 1. The van der Waals surface area contributed by atoms with Crippen LogP contribution in [0.1, 0.15) is 58.1 Å². The van der Waals surface area contributed by atoms with Gasteiger partial charge in [-0.3, -0.25) is 14.2 Å². The molecule has 0 saturated heterocycles. The predicted octanol–water partition coefficient (Wildman–Crippen LogP) is 4.72. The predicted molar refractivity (Wildman–Crippen MR) is 154 cm³/mol. The number of carboxylic acids is 1. The number of hydrogen-bond acceptors (Lipinski definition) is 7. The minimum atomic E-state index is -1.06. The lowest BCUT2D eigenvalue weighted by Gasteiger charge is -2.16. The number of aryl methyl sites for hydroxylation is 4. The summed E-state index contributed by atoms with van der Waals surface area (Å²) in [6, 6.07) is 5.52. The minimum Gasteiger partial charge on any atom is -0.477 e. The lowest BCUT2D eigenvalue weighted by Crippen LogP contribution is -2.13. The number of thioether (sulfide) groups is 1. The van der Waals surface area contributed by atoms with Crippen molar-refractivity contribution < 1.29 is 24.5 Å². The number of fused-ring (bicyclic) bond motifs is 2. The molecule has 0 atom stereocenters. The van der Waals surface area contributed by atoms with E-state index in [1.165, 1.54) is 7.11 Å². The third-order valence-electron chi connectivity index (χ3n) is 7.48. The van der Waals surface area contributed by atoms with E-state index in [1.54, 1.807) is 34.0 Å². The Bertz CT molecular complexity index is 1600. The van der Waals surface area contributed by atoms with Gasteiger partial charge in [-0.05, 0) is 49.9 Å². The molecule has 2 N–H and O–H groups in total. The molecule has 0 unspecified atom stereocenters. The van der Waals surface area contributed by atoms with Crippen molar-refractivity contribution in [2.75, 3.05) is 7.11 Å². The van der Waals surface area contributed by atoms with Crippen LogP contribution < -0.4 is 0 Å². The van der Waals surface area contributed by atoms with E-state index in [4.69, 9.17) is 21.4 Å². The Hall–Kier alpha value is -3.28. The average Bonchev–Trinajstić information content (AvgIpc) is 3.58. The first-order valence-corrected chi connectivity index (χ1v) is 14.7. The SMILES string of the molecule is COC(=O)CCn1c(C(=O)O)c(C)c2c(-c3c(CSCc4cc(CO)n(C)n4)nn4c3CCCC4)c(Cl)ccc21. The van der Waals surface area contributed by atoms with E-state index in [0.717, 1.165) is 65.1 Å². The van der Waals surface area contributed by atoms with E-state index in [1.807, 2.05) is 19.2 Å². The minimum absolute atomic E-state index is 0.0501. The van der Waals surface area contributed by atoms with Crippen molar-refractivity contribution in [2.24, 2.45) is 7.05 Å². The van der Waals surface area contributed by atoms with Crippen LogP contribution in [0.2, 0.25) is 5.02 Å². The van der Waals surface area contributed by atoms with Gasteiger partial charge in [0.05, 0.1) is 37.2 Å². The van der Waals surface area contributed by atoms with Gasteiger partial charge in [-0.2, -0.15) is 10.2 Å². The molecule has 1 aliphatic heterocycles. The Morgan fingerprint density at radius 3 is 2.67 bits per heavy atom. The maximum atomic E-state index is 12.4. The van der Waals surface area contributed by atoms with Gasteiger partial charge in [-0.1, -0.05) is 11.6 Å². The Balaban J connectivity index is 1.61. The fraction of sp³-hybridized carbons (Fsp3) is 0.429. The standard InChI is InChI=1S/C28H32ClN5O5S/c1-16-24-21(33(27(16)28(37)38)11-9-23(36)39-3)8-7-19(29)25(24)26-20(31-34-10-5-4-6-22(26)34)15-40-14-17-12-18(13-35)32(2)30-17/h7-8,12,35H,4-6,9-11,13-15H2,1-3H3,(H,37,38). The van der Waals surface area contributed by atoms with Crippen LogP contribution >= 0.6 is 23.4 Å². The molecular formula is C28H32ClN5O5S. The van der Waals surface area contributed by atoms with Gasteiger partial charge in [-0.25, -0.2) is 4.79 Å². The molecule has 40 heavy (non-hydrogen) atoms. The number of carboxylic acid groups (broad SMARTS) is 1. The Labute approximate surface area is 240 Å². The number of hydrogen-bond donors (Lipinski definition) is 2. The number of aliphatic hydroxyl groups excluding tert-OH is 1. The van der Waals surface area contributed by atoms with E-state index < -0.39 is 11.9 Å². The molecule has 0 radical (unpaired) electrons. The number of methoxy groups -OCH3 is 1. The zero-order chi connectivity index (χ0) is 28.6. The van der Waals surface area contributed by atoms with Gasteiger partial charge in [0.2, 0.25) is 0 Å². The topological polar surface area (TPSA) is 124 Å². The first kappa shape index (κ1) is 28.3. The highest BCUT2D eigenvalue weighted by Crippen LogP contribution is 2.44. The van der Waals surface area contributed by atoms with Crippen LogP contribution in [0.3, 0.4) is 0 Å². The van der Waals surface area contributed by atoms with Crippen LogP contribution in [-0.4, -0.2) is 53.4 Å². The second-order valence-electron chi connectivity index (χ2n) is 9.92. The molecule has 0 fully saturated rings. The van der Waals surface area contributed by atoms with Crippen molar-refractivity contribution in [1.82, 2.24) is 24.1 Å². The van der Waals surface area contributed by atoms with Crippen LogP contribution in [0.5, 0.6) is 0 Å². The number of halogens is 1. The summed E-state index contributed by atoms with van der Waals surface area (Å²) in [6.45, 7) is 2.73. The summed E-state index contributed by atoms with van der Waals surface area (Å²) in [5, 5.41) is 30.4. The summed E-state index contributed by atoms with van der Waals surface area (Å²) in [4.78, 5) is 24.3. The normalized spacial score (nSPS) is 13.1. The van der Waals surface area contributed by atoms with Crippen LogP contribution in [0.15, 0.2) is 18.2 Å². The maximum absolute atomic E-state index is 12.4. The average molecular weight is 586 g/mol. The van der Waals surface area contributed by atoms with Gasteiger partial charge in [0.25, 0.3) is 0 Å². The molecule has 12 heteroatoms. The van der Waals surface area contributed by atoms with Gasteiger partial charge >= 0.3 is 11.9 Å². The van der Waals surface area contributed by atoms with E-state index in [0.29, 0.717) is 27.6 Å². The largest absolute Gasteiger partial charge is 0.477 e. The van der Waals surface area contributed by atoms with Crippen molar-refractivity contribution in [3.8, 4) is 11.1 Å². The quantitative estimate of drug-likeness (QED) is 0.256. The number of carbonyl (C=O) groups is 2. The summed E-state index contributed by atoms with van der Waals surface area (Å²) in [5.74, 6) is -0.208. The number of aromatic carboxylic acids is 1. The highest BCUT2D eigenvalue weighted by atomic mass is 35.5. The fourth-order valence-corrected chi connectivity index (χ4v) is 6.75. The number of nitrogens with zero attached hydrogens (tertiary/aromatic N) is 5. The Morgan fingerprint density at radius 1 is 1.18 bits per heavy atom. The van der Waals surface area contributed by atoms with Crippen molar-refractivity contribution in [3.63, 3.8) is 0 Å².